The van der Waals surface area contributed by atoms with E-state index in [1.165, 1.54) is 22.3 Å². The van der Waals surface area contributed by atoms with E-state index in [1.807, 2.05) is 30.3 Å². The van der Waals surface area contributed by atoms with Gasteiger partial charge in [-0.1, -0.05) is 121 Å². The molecule has 0 saturated heterocycles. The Hall–Kier alpha value is -3.94. The molecule has 2 unspecified atom stereocenters. The zero-order valence-corrected chi connectivity index (χ0v) is 18.2. The zero-order valence-electron chi connectivity index (χ0n) is 18.2. The van der Waals surface area contributed by atoms with Crippen LogP contribution in [0.1, 0.15) is 45.4 Å². The van der Waals surface area contributed by atoms with Gasteiger partial charge in [0.2, 0.25) is 0 Å². The Morgan fingerprint density at radius 3 is 2.06 bits per heavy atom. The quantitative estimate of drug-likeness (QED) is 0.315. The minimum absolute atomic E-state index is 0.0570. The van der Waals surface area contributed by atoms with Crippen LogP contribution in [0.25, 0.3) is 22.4 Å². The number of benzene rings is 5. The maximum absolute atomic E-state index is 11.7. The average Bonchev–Trinajstić information content (AvgIpc) is 3.28. The van der Waals surface area contributed by atoms with Gasteiger partial charge in [0.25, 0.3) is 0 Å². The lowest BCUT2D eigenvalue weighted by atomic mass is 9.79. The summed E-state index contributed by atoms with van der Waals surface area (Å²) in [6.07, 6.45) is 1.60. The minimum Gasteiger partial charge on any atom is -0.384 e. The molecule has 0 heterocycles. The van der Waals surface area contributed by atoms with E-state index in [1.54, 1.807) is 0 Å². The van der Waals surface area contributed by atoms with E-state index in [9.17, 15) is 5.11 Å². The maximum atomic E-state index is 11.7. The summed E-state index contributed by atoms with van der Waals surface area (Å²) < 4.78 is 0. The van der Waals surface area contributed by atoms with Crippen molar-refractivity contribution in [1.82, 2.24) is 0 Å². The van der Waals surface area contributed by atoms with Gasteiger partial charge in [-0.3, -0.25) is 0 Å². The highest BCUT2D eigenvalue weighted by molar-refractivity contribution is 5.96. The Morgan fingerprint density at radius 1 is 0.576 bits per heavy atom. The molecule has 0 fully saturated rings. The summed E-state index contributed by atoms with van der Waals surface area (Å²) in [6.45, 7) is 0. The number of aliphatic hydroxyl groups excluding tert-OH is 1. The molecule has 0 aliphatic heterocycles. The molecule has 5 aromatic carbocycles. The van der Waals surface area contributed by atoms with Gasteiger partial charge in [0, 0.05) is 5.92 Å². The minimum atomic E-state index is -0.711. The van der Waals surface area contributed by atoms with Crippen molar-refractivity contribution < 1.29 is 5.11 Å². The molecular formula is C32H24O. The normalized spacial score (nSPS) is 15.8. The molecule has 1 heteroatoms. The molecule has 1 aliphatic rings. The highest BCUT2D eigenvalue weighted by Gasteiger charge is 2.31. The fourth-order valence-corrected chi connectivity index (χ4v) is 5.21. The summed E-state index contributed by atoms with van der Waals surface area (Å²) in [6, 6.07) is 42.0. The number of fused-ring (bicyclic) bond motifs is 2. The van der Waals surface area contributed by atoms with Gasteiger partial charge < -0.3 is 5.11 Å². The smallest absolute Gasteiger partial charge is 0.105 e. The van der Waals surface area contributed by atoms with Crippen molar-refractivity contribution in [3.05, 3.63) is 155 Å². The standard InChI is InChI=1S/C32H24O/c33-32(24-14-5-2-6-15-24)31-26-17-9-7-13-23(26)19-20-28(31)30-27-18-10-8-16-25(27)21-29(30)22-11-3-1-4-12-22/h1-21,30,32-33H. The van der Waals surface area contributed by atoms with Gasteiger partial charge >= 0.3 is 0 Å². The van der Waals surface area contributed by atoms with Crippen LogP contribution < -0.4 is 0 Å². The maximum Gasteiger partial charge on any atom is 0.105 e. The van der Waals surface area contributed by atoms with Crippen molar-refractivity contribution in [2.75, 3.05) is 0 Å². The highest BCUT2D eigenvalue weighted by atomic mass is 16.3. The molecule has 0 spiro atoms. The van der Waals surface area contributed by atoms with Crippen molar-refractivity contribution in [2.24, 2.45) is 0 Å². The van der Waals surface area contributed by atoms with Crippen LogP contribution in [0.4, 0.5) is 0 Å². The Morgan fingerprint density at radius 2 is 1.24 bits per heavy atom. The van der Waals surface area contributed by atoms with Crippen LogP contribution in [-0.2, 0) is 0 Å². The van der Waals surface area contributed by atoms with Gasteiger partial charge in [-0.2, -0.15) is 0 Å². The summed E-state index contributed by atoms with van der Waals surface area (Å²) in [7, 11) is 0. The van der Waals surface area contributed by atoms with E-state index >= 15 is 0 Å². The number of allylic oxidation sites excluding steroid dienone is 1. The molecular weight excluding hydrogens is 400 g/mol. The van der Waals surface area contributed by atoms with Gasteiger partial charge in [0.05, 0.1) is 0 Å². The third-order valence-electron chi connectivity index (χ3n) is 6.74. The van der Waals surface area contributed by atoms with Crippen LogP contribution in [0.2, 0.25) is 0 Å². The molecule has 33 heavy (non-hydrogen) atoms. The third-order valence-corrected chi connectivity index (χ3v) is 6.74. The van der Waals surface area contributed by atoms with Crippen molar-refractivity contribution in [3.8, 4) is 0 Å². The molecule has 0 bridgehead atoms. The number of hydrogen-bond donors (Lipinski definition) is 1. The van der Waals surface area contributed by atoms with E-state index in [-0.39, 0.29) is 5.92 Å². The van der Waals surface area contributed by atoms with Gasteiger partial charge in [-0.15, -0.1) is 0 Å². The van der Waals surface area contributed by atoms with Gasteiger partial charge in [-0.25, -0.2) is 0 Å². The predicted octanol–water partition coefficient (Wildman–Crippen LogP) is 7.61. The summed E-state index contributed by atoms with van der Waals surface area (Å²) in [4.78, 5) is 0. The van der Waals surface area contributed by atoms with Crippen LogP contribution in [0.15, 0.2) is 121 Å². The van der Waals surface area contributed by atoms with Crippen LogP contribution in [0.5, 0.6) is 0 Å². The molecule has 1 aliphatic carbocycles. The Bertz CT molecular complexity index is 1460. The van der Waals surface area contributed by atoms with E-state index in [2.05, 4.69) is 97.1 Å². The predicted molar refractivity (Wildman–Crippen MR) is 137 cm³/mol. The average molecular weight is 425 g/mol. The fourth-order valence-electron chi connectivity index (χ4n) is 5.21. The summed E-state index contributed by atoms with van der Waals surface area (Å²) >= 11 is 0. The first-order valence-corrected chi connectivity index (χ1v) is 11.4. The van der Waals surface area contributed by atoms with Gasteiger partial charge in [0.1, 0.15) is 6.10 Å². The number of hydrogen-bond acceptors (Lipinski definition) is 1. The second-order valence-electron chi connectivity index (χ2n) is 8.63. The summed E-state index contributed by atoms with van der Waals surface area (Å²) in [5.74, 6) is 0.0570. The first kappa shape index (κ1) is 19.7. The molecule has 0 radical (unpaired) electrons. The molecule has 1 nitrogen and oxygen atoms in total. The van der Waals surface area contributed by atoms with Crippen LogP contribution in [0, 0.1) is 0 Å². The molecule has 158 valence electrons. The molecule has 0 amide bonds. The molecule has 5 aromatic rings. The van der Waals surface area contributed by atoms with Crippen LogP contribution >= 0.6 is 0 Å². The summed E-state index contributed by atoms with van der Waals surface area (Å²) in [5, 5.41) is 14.0. The molecule has 6 rings (SSSR count). The van der Waals surface area contributed by atoms with Crippen molar-refractivity contribution in [1.29, 1.82) is 0 Å². The van der Waals surface area contributed by atoms with Crippen LogP contribution in [0.3, 0.4) is 0 Å². The second-order valence-corrected chi connectivity index (χ2v) is 8.63. The lowest BCUT2D eigenvalue weighted by Crippen LogP contribution is -2.10. The number of rotatable bonds is 4. The van der Waals surface area contributed by atoms with Crippen molar-refractivity contribution >= 4 is 22.4 Å². The Balaban J connectivity index is 1.63. The monoisotopic (exact) mass is 424 g/mol. The lowest BCUT2D eigenvalue weighted by molar-refractivity contribution is 0.221. The van der Waals surface area contributed by atoms with E-state index < -0.39 is 6.10 Å². The molecule has 0 saturated carbocycles. The highest BCUT2D eigenvalue weighted by Crippen LogP contribution is 2.49. The van der Waals surface area contributed by atoms with Crippen LogP contribution in [-0.4, -0.2) is 5.11 Å². The van der Waals surface area contributed by atoms with Crippen molar-refractivity contribution in [3.63, 3.8) is 0 Å². The van der Waals surface area contributed by atoms with E-state index in [0.717, 1.165) is 27.5 Å². The Kier molecular flexibility index (Phi) is 4.90. The molecule has 0 aromatic heterocycles. The van der Waals surface area contributed by atoms with Gasteiger partial charge in [-0.05, 0) is 55.8 Å². The topological polar surface area (TPSA) is 20.2 Å². The summed E-state index contributed by atoms with van der Waals surface area (Å²) in [5.41, 5.74) is 8.07. The first-order valence-electron chi connectivity index (χ1n) is 11.4. The largest absolute Gasteiger partial charge is 0.384 e. The van der Waals surface area contributed by atoms with E-state index in [4.69, 9.17) is 0 Å². The SMILES string of the molecule is OC(c1ccccc1)c1c(C2C(c3ccccc3)=Cc3ccccc32)ccc2ccccc12. The second kappa shape index (κ2) is 8.20. The van der Waals surface area contributed by atoms with Crippen molar-refractivity contribution in [2.45, 2.75) is 12.0 Å². The molecule has 1 N–H and O–H groups in total. The van der Waals surface area contributed by atoms with E-state index in [0.29, 0.717) is 0 Å². The fraction of sp³-hybridized carbons (Fsp3) is 0.0625. The van der Waals surface area contributed by atoms with Gasteiger partial charge in [0.15, 0.2) is 0 Å². The third kappa shape index (κ3) is 3.38. The molecule has 2 atom stereocenters. The first-order chi connectivity index (χ1) is 16.3. The number of aliphatic hydroxyl groups is 1. The lowest BCUT2D eigenvalue weighted by Gasteiger charge is -2.25. The Labute approximate surface area is 194 Å². The zero-order chi connectivity index (χ0) is 22.2.